The van der Waals surface area contributed by atoms with Crippen LogP contribution in [-0.4, -0.2) is 52.1 Å². The van der Waals surface area contributed by atoms with E-state index < -0.39 is 0 Å². The van der Waals surface area contributed by atoms with E-state index in [2.05, 4.69) is 40.0 Å². The van der Waals surface area contributed by atoms with Crippen LogP contribution in [-0.2, 0) is 6.54 Å². The Morgan fingerprint density at radius 3 is 2.74 bits per heavy atom. The molecular weight excluding hydrogens is 336 g/mol. The Labute approximate surface area is 162 Å². The van der Waals surface area contributed by atoms with Crippen LogP contribution in [0.5, 0.6) is 0 Å². The molecule has 2 aromatic heterocycles. The zero-order valence-corrected chi connectivity index (χ0v) is 16.5. The molecule has 0 aliphatic carbocycles. The zero-order valence-electron chi connectivity index (χ0n) is 16.5. The number of rotatable bonds is 5. The third-order valence-corrected chi connectivity index (χ3v) is 5.74. The molecule has 2 aromatic rings. The van der Waals surface area contributed by atoms with Crippen molar-refractivity contribution in [2.24, 2.45) is 0 Å². The molecule has 0 spiro atoms. The lowest BCUT2D eigenvalue weighted by Crippen LogP contribution is -2.42. The van der Waals surface area contributed by atoms with Gasteiger partial charge in [0.05, 0.1) is 0 Å². The number of anilines is 2. The van der Waals surface area contributed by atoms with E-state index in [0.717, 1.165) is 50.2 Å². The van der Waals surface area contributed by atoms with E-state index in [4.69, 9.17) is 9.97 Å². The number of hydrogen-bond donors (Lipinski definition) is 1. The molecule has 0 radical (unpaired) electrons. The maximum atomic E-state index is 4.89. The highest BCUT2D eigenvalue weighted by molar-refractivity contribution is 5.51. The highest BCUT2D eigenvalue weighted by Gasteiger charge is 2.23. The first kappa shape index (κ1) is 18.2. The van der Waals surface area contributed by atoms with Gasteiger partial charge in [-0.05, 0) is 57.7 Å². The second-order valence-corrected chi connectivity index (χ2v) is 7.86. The SMILES string of the molecule is Cc1nc(N2CCCC2)nc(NC2CCCN(Cc3cccnc3)C2)c1C. The minimum atomic E-state index is 0.426. The zero-order chi connectivity index (χ0) is 18.6. The van der Waals surface area contributed by atoms with Gasteiger partial charge in [-0.25, -0.2) is 4.98 Å². The van der Waals surface area contributed by atoms with Gasteiger partial charge in [0, 0.05) is 55.9 Å². The minimum Gasteiger partial charge on any atom is -0.366 e. The van der Waals surface area contributed by atoms with Gasteiger partial charge < -0.3 is 10.2 Å². The Morgan fingerprint density at radius 1 is 1.11 bits per heavy atom. The first-order chi connectivity index (χ1) is 13.2. The number of piperidine rings is 1. The number of nitrogens with zero attached hydrogens (tertiary/aromatic N) is 5. The van der Waals surface area contributed by atoms with E-state index >= 15 is 0 Å². The molecule has 1 atom stereocenters. The van der Waals surface area contributed by atoms with E-state index in [-0.39, 0.29) is 0 Å². The standard InChI is InChI=1S/C21H30N6/c1-16-17(2)23-21(27-11-3-4-12-27)25-20(16)24-19-8-6-10-26(15-19)14-18-7-5-9-22-13-18/h5,7,9,13,19H,3-4,6,8,10-12,14-15H2,1-2H3,(H,23,24,25). The normalized spacial score (nSPS) is 20.8. The fraction of sp³-hybridized carbons (Fsp3) is 0.571. The predicted octanol–water partition coefficient (Wildman–Crippen LogP) is 3.17. The van der Waals surface area contributed by atoms with E-state index in [1.54, 1.807) is 0 Å². The third-order valence-electron chi connectivity index (χ3n) is 5.74. The average Bonchev–Trinajstić information content (AvgIpc) is 3.21. The van der Waals surface area contributed by atoms with Crippen molar-refractivity contribution in [2.45, 2.75) is 52.1 Å². The second kappa shape index (κ2) is 8.21. The van der Waals surface area contributed by atoms with Crippen LogP contribution < -0.4 is 10.2 Å². The number of aromatic nitrogens is 3. The van der Waals surface area contributed by atoms with E-state index in [1.165, 1.54) is 36.8 Å². The van der Waals surface area contributed by atoms with Crippen LogP contribution in [0, 0.1) is 13.8 Å². The lowest BCUT2D eigenvalue weighted by Gasteiger charge is -2.34. The van der Waals surface area contributed by atoms with E-state index in [1.807, 2.05) is 18.5 Å². The Balaban J connectivity index is 1.44. The van der Waals surface area contributed by atoms with Crippen molar-refractivity contribution < 1.29 is 0 Å². The maximum Gasteiger partial charge on any atom is 0.227 e. The smallest absolute Gasteiger partial charge is 0.227 e. The van der Waals surface area contributed by atoms with Gasteiger partial charge in [-0.15, -0.1) is 0 Å². The highest BCUT2D eigenvalue weighted by Crippen LogP contribution is 2.24. The quantitative estimate of drug-likeness (QED) is 0.877. The molecule has 0 saturated carbocycles. The first-order valence-corrected chi connectivity index (χ1v) is 10.2. The van der Waals surface area contributed by atoms with Crippen molar-refractivity contribution in [3.63, 3.8) is 0 Å². The van der Waals surface area contributed by atoms with Gasteiger partial charge in [-0.2, -0.15) is 4.98 Å². The van der Waals surface area contributed by atoms with Gasteiger partial charge in [-0.1, -0.05) is 6.07 Å². The number of pyridine rings is 1. The van der Waals surface area contributed by atoms with Crippen molar-refractivity contribution in [3.8, 4) is 0 Å². The predicted molar refractivity (Wildman–Crippen MR) is 109 cm³/mol. The number of likely N-dealkylation sites (tertiary alicyclic amines) is 1. The van der Waals surface area contributed by atoms with Crippen LogP contribution in [0.25, 0.3) is 0 Å². The first-order valence-electron chi connectivity index (χ1n) is 10.2. The fourth-order valence-electron chi connectivity index (χ4n) is 4.07. The Bertz CT molecular complexity index is 757. The van der Waals surface area contributed by atoms with Gasteiger partial charge in [0.15, 0.2) is 0 Å². The molecule has 6 heteroatoms. The number of nitrogens with one attached hydrogen (secondary N) is 1. The molecule has 27 heavy (non-hydrogen) atoms. The number of aryl methyl sites for hydroxylation is 1. The van der Waals surface area contributed by atoms with Crippen LogP contribution in [0.3, 0.4) is 0 Å². The summed E-state index contributed by atoms with van der Waals surface area (Å²) in [5.74, 6) is 1.90. The Hall–Kier alpha value is -2.21. The molecule has 1 N–H and O–H groups in total. The molecule has 4 heterocycles. The lowest BCUT2D eigenvalue weighted by atomic mass is 10.0. The molecule has 6 nitrogen and oxygen atoms in total. The van der Waals surface area contributed by atoms with Crippen molar-refractivity contribution >= 4 is 11.8 Å². The lowest BCUT2D eigenvalue weighted by molar-refractivity contribution is 0.208. The summed E-state index contributed by atoms with van der Waals surface area (Å²) in [4.78, 5) is 18.7. The van der Waals surface area contributed by atoms with Gasteiger partial charge in [0.1, 0.15) is 5.82 Å². The summed E-state index contributed by atoms with van der Waals surface area (Å²) in [5.41, 5.74) is 3.53. The van der Waals surface area contributed by atoms with Crippen LogP contribution in [0.15, 0.2) is 24.5 Å². The topological polar surface area (TPSA) is 57.2 Å². The van der Waals surface area contributed by atoms with Crippen LogP contribution in [0.4, 0.5) is 11.8 Å². The van der Waals surface area contributed by atoms with E-state index in [0.29, 0.717) is 6.04 Å². The molecular formula is C21H30N6. The molecule has 144 valence electrons. The molecule has 2 saturated heterocycles. The molecule has 0 amide bonds. The van der Waals surface area contributed by atoms with Crippen LogP contribution >= 0.6 is 0 Å². The monoisotopic (exact) mass is 366 g/mol. The molecule has 2 aliphatic heterocycles. The van der Waals surface area contributed by atoms with Gasteiger partial charge >= 0.3 is 0 Å². The van der Waals surface area contributed by atoms with Gasteiger partial charge in [-0.3, -0.25) is 9.88 Å². The summed E-state index contributed by atoms with van der Waals surface area (Å²) in [7, 11) is 0. The molecule has 0 aromatic carbocycles. The van der Waals surface area contributed by atoms with Crippen molar-refractivity contribution in [1.82, 2.24) is 19.9 Å². The Kier molecular flexibility index (Phi) is 5.53. The highest BCUT2D eigenvalue weighted by atomic mass is 15.3. The van der Waals surface area contributed by atoms with Gasteiger partial charge in [0.2, 0.25) is 5.95 Å². The summed E-state index contributed by atoms with van der Waals surface area (Å²) in [5, 5.41) is 3.73. The average molecular weight is 367 g/mol. The molecule has 0 bridgehead atoms. The van der Waals surface area contributed by atoms with Crippen LogP contribution in [0.2, 0.25) is 0 Å². The minimum absolute atomic E-state index is 0.426. The summed E-state index contributed by atoms with van der Waals surface area (Å²) in [6, 6.07) is 4.60. The van der Waals surface area contributed by atoms with Crippen molar-refractivity contribution in [3.05, 3.63) is 41.3 Å². The fourth-order valence-corrected chi connectivity index (χ4v) is 4.07. The van der Waals surface area contributed by atoms with Gasteiger partial charge in [0.25, 0.3) is 0 Å². The second-order valence-electron chi connectivity index (χ2n) is 7.86. The third kappa shape index (κ3) is 4.38. The summed E-state index contributed by atoms with van der Waals surface area (Å²) in [6.07, 6.45) is 8.68. The van der Waals surface area contributed by atoms with Crippen LogP contribution in [0.1, 0.15) is 42.5 Å². The summed E-state index contributed by atoms with van der Waals surface area (Å²) in [6.45, 7) is 9.52. The molecule has 4 rings (SSSR count). The van der Waals surface area contributed by atoms with Crippen molar-refractivity contribution in [1.29, 1.82) is 0 Å². The molecule has 2 aliphatic rings. The maximum absolute atomic E-state index is 4.89. The largest absolute Gasteiger partial charge is 0.366 e. The molecule has 1 unspecified atom stereocenters. The number of hydrogen-bond acceptors (Lipinski definition) is 6. The summed E-state index contributed by atoms with van der Waals surface area (Å²) >= 11 is 0. The van der Waals surface area contributed by atoms with E-state index in [9.17, 15) is 0 Å². The van der Waals surface area contributed by atoms with Crippen molar-refractivity contribution in [2.75, 3.05) is 36.4 Å². The molecule has 2 fully saturated rings. The Morgan fingerprint density at radius 2 is 1.96 bits per heavy atom. The summed E-state index contributed by atoms with van der Waals surface area (Å²) < 4.78 is 0.